The van der Waals surface area contributed by atoms with Gasteiger partial charge in [-0.2, -0.15) is 13.2 Å². The molecule has 0 N–H and O–H groups in total. The quantitative estimate of drug-likeness (QED) is 0.708. The van der Waals surface area contributed by atoms with Crippen molar-refractivity contribution in [3.8, 4) is 0 Å². The van der Waals surface area contributed by atoms with Gasteiger partial charge in [0.15, 0.2) is 5.60 Å². The van der Waals surface area contributed by atoms with Crippen molar-refractivity contribution in [2.45, 2.75) is 24.6 Å². The monoisotopic (exact) mass is 375 g/mol. The minimum atomic E-state index is -4.51. The second kappa shape index (κ2) is 6.11. The molecular weight excluding hydrogens is 359 g/mol. The molecule has 2 aromatic rings. The summed E-state index contributed by atoms with van der Waals surface area (Å²) in [5.41, 5.74) is -0.608. The minimum absolute atomic E-state index is 0.0283. The van der Waals surface area contributed by atoms with Crippen LogP contribution in [0.25, 0.3) is 0 Å². The fourth-order valence-electron chi connectivity index (χ4n) is 3.86. The number of fused-ring (bicyclic) bond motifs is 2. The van der Waals surface area contributed by atoms with Crippen molar-refractivity contribution in [3.63, 3.8) is 0 Å². The van der Waals surface area contributed by atoms with Crippen LogP contribution in [0.15, 0.2) is 48.5 Å². The zero-order valence-corrected chi connectivity index (χ0v) is 14.3. The number of halogens is 3. The number of carbonyl (C=O) groups is 2. The molecule has 1 atom stereocenters. The SMILES string of the molecule is O=C1OC2(CCCN(C(=O)c3cccc(C(F)(F)F)c3)C2)c2ccccc21. The van der Waals surface area contributed by atoms with E-state index in [1.54, 1.807) is 24.3 Å². The first-order valence-corrected chi connectivity index (χ1v) is 8.60. The Bertz CT molecular complexity index is 925. The summed E-state index contributed by atoms with van der Waals surface area (Å²) >= 11 is 0. The molecule has 2 aliphatic rings. The number of esters is 1. The van der Waals surface area contributed by atoms with Gasteiger partial charge in [0, 0.05) is 17.7 Å². The Morgan fingerprint density at radius 1 is 1.11 bits per heavy atom. The second-order valence-corrected chi connectivity index (χ2v) is 6.84. The number of hydrogen-bond donors (Lipinski definition) is 0. The highest BCUT2D eigenvalue weighted by Gasteiger charge is 2.48. The van der Waals surface area contributed by atoms with E-state index in [2.05, 4.69) is 0 Å². The zero-order chi connectivity index (χ0) is 19.2. The summed E-state index contributed by atoms with van der Waals surface area (Å²) < 4.78 is 44.5. The number of ether oxygens (including phenoxy) is 1. The van der Waals surface area contributed by atoms with Crippen LogP contribution in [0.1, 0.15) is 44.7 Å². The number of rotatable bonds is 1. The summed E-state index contributed by atoms with van der Waals surface area (Å²) in [7, 11) is 0. The van der Waals surface area contributed by atoms with Crippen molar-refractivity contribution in [2.75, 3.05) is 13.1 Å². The number of alkyl halides is 3. The Morgan fingerprint density at radius 2 is 1.89 bits per heavy atom. The molecule has 0 aliphatic carbocycles. The van der Waals surface area contributed by atoms with E-state index >= 15 is 0 Å². The van der Waals surface area contributed by atoms with Gasteiger partial charge in [-0.25, -0.2) is 4.79 Å². The number of amides is 1. The minimum Gasteiger partial charge on any atom is -0.449 e. The maximum atomic E-state index is 12.9. The summed E-state index contributed by atoms with van der Waals surface area (Å²) in [4.78, 5) is 26.5. The molecule has 27 heavy (non-hydrogen) atoms. The topological polar surface area (TPSA) is 46.6 Å². The number of piperidine rings is 1. The number of hydrogen-bond acceptors (Lipinski definition) is 3. The summed E-state index contributed by atoms with van der Waals surface area (Å²) in [5.74, 6) is -0.931. The van der Waals surface area contributed by atoms with Gasteiger partial charge >= 0.3 is 12.1 Å². The Kier molecular flexibility index (Phi) is 3.98. The average Bonchev–Trinajstić information content (AvgIpc) is 2.92. The lowest BCUT2D eigenvalue weighted by atomic mass is 9.85. The number of nitrogens with zero attached hydrogens (tertiary/aromatic N) is 1. The van der Waals surface area contributed by atoms with Crippen molar-refractivity contribution in [2.24, 2.45) is 0 Å². The van der Waals surface area contributed by atoms with Crippen LogP contribution in [-0.2, 0) is 16.5 Å². The molecule has 0 bridgehead atoms. The van der Waals surface area contributed by atoms with Crippen LogP contribution in [-0.4, -0.2) is 29.9 Å². The maximum Gasteiger partial charge on any atom is 0.416 e. The number of benzene rings is 2. The number of carbonyl (C=O) groups excluding carboxylic acids is 2. The Hall–Kier alpha value is -2.83. The Labute approximate surface area is 153 Å². The summed E-state index contributed by atoms with van der Waals surface area (Å²) in [6, 6.07) is 11.4. The van der Waals surface area contributed by atoms with E-state index in [1.807, 2.05) is 0 Å². The third-order valence-electron chi connectivity index (χ3n) is 5.10. The molecule has 1 unspecified atom stereocenters. The van der Waals surface area contributed by atoms with Gasteiger partial charge in [0.2, 0.25) is 0 Å². The lowest BCUT2D eigenvalue weighted by Gasteiger charge is -2.39. The van der Waals surface area contributed by atoms with Crippen LogP contribution in [0, 0.1) is 0 Å². The molecule has 1 spiro atoms. The molecule has 1 saturated heterocycles. The highest BCUT2D eigenvalue weighted by molar-refractivity contribution is 5.96. The van der Waals surface area contributed by atoms with E-state index in [4.69, 9.17) is 4.74 Å². The lowest BCUT2D eigenvalue weighted by molar-refractivity contribution is -0.137. The number of likely N-dealkylation sites (tertiary alicyclic amines) is 1. The van der Waals surface area contributed by atoms with Gasteiger partial charge in [0.05, 0.1) is 17.7 Å². The molecule has 0 radical (unpaired) electrons. The van der Waals surface area contributed by atoms with Crippen LogP contribution < -0.4 is 0 Å². The third kappa shape index (κ3) is 2.97. The third-order valence-corrected chi connectivity index (χ3v) is 5.10. The molecule has 2 aliphatic heterocycles. The maximum absolute atomic E-state index is 12.9. The van der Waals surface area contributed by atoms with E-state index < -0.39 is 29.2 Å². The first kappa shape index (κ1) is 17.6. The van der Waals surface area contributed by atoms with Crippen LogP contribution in [0.5, 0.6) is 0 Å². The highest BCUT2D eigenvalue weighted by atomic mass is 19.4. The van der Waals surface area contributed by atoms with Gasteiger partial charge in [-0.3, -0.25) is 4.79 Å². The van der Waals surface area contributed by atoms with E-state index in [0.29, 0.717) is 24.9 Å². The van der Waals surface area contributed by atoms with Crippen LogP contribution in [0.3, 0.4) is 0 Å². The van der Waals surface area contributed by atoms with E-state index in [0.717, 1.165) is 17.7 Å². The summed E-state index contributed by atoms with van der Waals surface area (Å²) in [6.45, 7) is 0.529. The summed E-state index contributed by atoms with van der Waals surface area (Å²) in [6.07, 6.45) is -3.35. The molecule has 140 valence electrons. The molecular formula is C20H16F3NO3. The van der Waals surface area contributed by atoms with Gasteiger partial charge in [-0.1, -0.05) is 24.3 Å². The van der Waals surface area contributed by atoms with Gasteiger partial charge in [-0.15, -0.1) is 0 Å². The normalized spacial score (nSPS) is 21.9. The second-order valence-electron chi connectivity index (χ2n) is 6.84. The summed E-state index contributed by atoms with van der Waals surface area (Å²) in [5, 5.41) is 0. The van der Waals surface area contributed by atoms with E-state index in [9.17, 15) is 22.8 Å². The predicted octanol–water partition coefficient (Wildman–Crippen LogP) is 4.01. The molecule has 2 heterocycles. The fraction of sp³-hybridized carbons (Fsp3) is 0.300. The molecule has 4 rings (SSSR count). The van der Waals surface area contributed by atoms with Gasteiger partial charge in [0.25, 0.3) is 5.91 Å². The van der Waals surface area contributed by atoms with Crippen molar-refractivity contribution in [1.29, 1.82) is 0 Å². The predicted molar refractivity (Wildman–Crippen MR) is 90.1 cm³/mol. The van der Waals surface area contributed by atoms with Crippen molar-refractivity contribution >= 4 is 11.9 Å². The van der Waals surface area contributed by atoms with E-state index in [-0.39, 0.29) is 12.1 Å². The highest BCUT2D eigenvalue weighted by Crippen LogP contribution is 2.43. The van der Waals surface area contributed by atoms with Crippen LogP contribution in [0.2, 0.25) is 0 Å². The standard InChI is InChI=1S/C20H16F3NO3/c21-20(22,23)14-6-3-5-13(11-14)17(25)24-10-4-9-19(12-24)16-8-2-1-7-15(16)18(26)27-19/h1-3,5-8,11H,4,9-10,12H2. The van der Waals surface area contributed by atoms with Crippen molar-refractivity contribution in [3.05, 3.63) is 70.8 Å². The first-order valence-electron chi connectivity index (χ1n) is 8.60. The van der Waals surface area contributed by atoms with Gasteiger partial charge < -0.3 is 9.64 Å². The molecule has 1 fully saturated rings. The lowest BCUT2D eigenvalue weighted by Crippen LogP contribution is -2.48. The largest absolute Gasteiger partial charge is 0.449 e. The zero-order valence-electron chi connectivity index (χ0n) is 14.3. The average molecular weight is 375 g/mol. The molecule has 0 aromatic heterocycles. The Balaban J connectivity index is 1.63. The molecule has 4 nitrogen and oxygen atoms in total. The smallest absolute Gasteiger partial charge is 0.416 e. The van der Waals surface area contributed by atoms with E-state index in [1.165, 1.54) is 17.0 Å². The molecule has 2 aromatic carbocycles. The Morgan fingerprint density at radius 3 is 2.67 bits per heavy atom. The van der Waals surface area contributed by atoms with Crippen molar-refractivity contribution in [1.82, 2.24) is 4.90 Å². The molecule has 0 saturated carbocycles. The van der Waals surface area contributed by atoms with Crippen LogP contribution in [0.4, 0.5) is 13.2 Å². The van der Waals surface area contributed by atoms with Crippen LogP contribution >= 0.6 is 0 Å². The van der Waals surface area contributed by atoms with Crippen molar-refractivity contribution < 1.29 is 27.5 Å². The fourth-order valence-corrected chi connectivity index (χ4v) is 3.86. The van der Waals surface area contributed by atoms with Gasteiger partial charge in [0.1, 0.15) is 0 Å². The first-order chi connectivity index (χ1) is 12.8. The van der Waals surface area contributed by atoms with Gasteiger partial charge in [-0.05, 0) is 37.1 Å². The molecule has 7 heteroatoms. The molecule has 1 amide bonds.